The van der Waals surface area contributed by atoms with Crippen LogP contribution in [0.5, 0.6) is 0 Å². The summed E-state index contributed by atoms with van der Waals surface area (Å²) in [6.45, 7) is 1.29. The van der Waals surface area contributed by atoms with Crippen LogP contribution in [0.4, 0.5) is 14.5 Å². The van der Waals surface area contributed by atoms with E-state index in [1.165, 1.54) is 16.5 Å². The van der Waals surface area contributed by atoms with E-state index < -0.39 is 11.6 Å². The Morgan fingerprint density at radius 3 is 2.54 bits per heavy atom. The summed E-state index contributed by atoms with van der Waals surface area (Å²) >= 11 is 0. The van der Waals surface area contributed by atoms with E-state index in [0.29, 0.717) is 19.6 Å². The fraction of sp³-hybridized carbons (Fsp3) is 0.300. The van der Waals surface area contributed by atoms with Gasteiger partial charge in [-0.1, -0.05) is 18.2 Å². The molecule has 4 rings (SSSR count). The topological polar surface area (TPSA) is 40.6 Å². The molecule has 0 aliphatic carbocycles. The minimum atomic E-state index is -1.05. The number of likely N-dealkylation sites (tertiary alicyclic amines) is 1. The SMILES string of the molecule is O=C(c1ccc(F)c(F)c1)N1CC(C(=O)N2CCCc3ccccc32)C1. The summed E-state index contributed by atoms with van der Waals surface area (Å²) in [7, 11) is 0. The van der Waals surface area contributed by atoms with Crippen LogP contribution in [0.25, 0.3) is 0 Å². The van der Waals surface area contributed by atoms with Crippen LogP contribution >= 0.6 is 0 Å². The molecular formula is C20H18F2N2O2. The van der Waals surface area contributed by atoms with E-state index in [4.69, 9.17) is 0 Å². The van der Waals surface area contributed by atoms with Gasteiger partial charge in [0.15, 0.2) is 11.6 Å². The van der Waals surface area contributed by atoms with Gasteiger partial charge in [0, 0.05) is 30.9 Å². The number of para-hydroxylation sites is 1. The van der Waals surface area contributed by atoms with Crippen molar-refractivity contribution in [3.8, 4) is 0 Å². The first kappa shape index (κ1) is 16.7. The number of amides is 2. The molecule has 0 bridgehead atoms. The molecule has 4 nitrogen and oxygen atoms in total. The van der Waals surface area contributed by atoms with E-state index in [0.717, 1.165) is 30.7 Å². The molecule has 134 valence electrons. The molecule has 1 fully saturated rings. The third-order valence-electron chi connectivity index (χ3n) is 5.06. The minimum absolute atomic E-state index is 0.0199. The van der Waals surface area contributed by atoms with Crippen molar-refractivity contribution < 1.29 is 18.4 Å². The molecule has 0 aromatic heterocycles. The zero-order valence-electron chi connectivity index (χ0n) is 14.1. The van der Waals surface area contributed by atoms with Crippen molar-refractivity contribution in [2.75, 3.05) is 24.5 Å². The highest BCUT2D eigenvalue weighted by atomic mass is 19.2. The number of carbonyl (C=O) groups is 2. The van der Waals surface area contributed by atoms with Crippen molar-refractivity contribution in [1.29, 1.82) is 0 Å². The van der Waals surface area contributed by atoms with Crippen molar-refractivity contribution in [2.45, 2.75) is 12.8 Å². The molecule has 2 aromatic rings. The number of rotatable bonds is 2. The Balaban J connectivity index is 1.43. The summed E-state index contributed by atoms with van der Waals surface area (Å²) in [4.78, 5) is 28.5. The molecule has 0 N–H and O–H groups in total. The van der Waals surface area contributed by atoms with Gasteiger partial charge in [-0.25, -0.2) is 8.78 Å². The predicted octanol–water partition coefficient (Wildman–Crippen LogP) is 3.02. The fourth-order valence-corrected chi connectivity index (χ4v) is 3.60. The Hall–Kier alpha value is -2.76. The van der Waals surface area contributed by atoms with Crippen molar-refractivity contribution in [2.24, 2.45) is 5.92 Å². The number of fused-ring (bicyclic) bond motifs is 1. The first-order valence-electron chi connectivity index (χ1n) is 8.68. The first-order chi connectivity index (χ1) is 12.5. The third-order valence-corrected chi connectivity index (χ3v) is 5.06. The maximum atomic E-state index is 13.3. The van der Waals surface area contributed by atoms with Gasteiger partial charge in [0.25, 0.3) is 5.91 Å². The van der Waals surface area contributed by atoms with Crippen LogP contribution in [0.3, 0.4) is 0 Å². The molecule has 0 spiro atoms. The van der Waals surface area contributed by atoms with Crippen LogP contribution in [0, 0.1) is 17.6 Å². The summed E-state index contributed by atoms with van der Waals surface area (Å²) in [6, 6.07) is 11.0. The number of benzene rings is 2. The van der Waals surface area contributed by atoms with Gasteiger partial charge in [0.2, 0.25) is 5.91 Å². The summed E-state index contributed by atoms with van der Waals surface area (Å²) < 4.78 is 26.3. The quantitative estimate of drug-likeness (QED) is 0.830. The van der Waals surface area contributed by atoms with E-state index in [1.807, 2.05) is 29.2 Å². The zero-order chi connectivity index (χ0) is 18.3. The molecule has 6 heteroatoms. The van der Waals surface area contributed by atoms with Crippen LogP contribution < -0.4 is 4.90 Å². The van der Waals surface area contributed by atoms with Crippen molar-refractivity contribution in [3.63, 3.8) is 0 Å². The number of anilines is 1. The molecule has 2 amide bonds. The van der Waals surface area contributed by atoms with Gasteiger partial charge in [-0.05, 0) is 42.7 Å². The second-order valence-corrected chi connectivity index (χ2v) is 6.76. The maximum absolute atomic E-state index is 13.3. The number of carbonyl (C=O) groups excluding carboxylic acids is 2. The molecule has 2 aliphatic rings. The lowest BCUT2D eigenvalue weighted by atomic mass is 9.94. The average molecular weight is 356 g/mol. The fourth-order valence-electron chi connectivity index (χ4n) is 3.60. The molecule has 0 unspecified atom stereocenters. The second-order valence-electron chi connectivity index (χ2n) is 6.76. The van der Waals surface area contributed by atoms with Crippen LogP contribution in [0.2, 0.25) is 0 Å². The summed E-state index contributed by atoms with van der Waals surface area (Å²) in [5, 5.41) is 0. The molecule has 0 atom stereocenters. The lowest BCUT2D eigenvalue weighted by molar-refractivity contribution is -0.126. The standard InChI is InChI=1S/C20H18F2N2O2/c21-16-8-7-14(10-17(16)22)19(25)23-11-15(12-23)20(26)24-9-3-5-13-4-1-2-6-18(13)24/h1-2,4,6-8,10,15H,3,5,9,11-12H2. The van der Waals surface area contributed by atoms with Crippen molar-refractivity contribution in [1.82, 2.24) is 4.90 Å². The molecule has 0 saturated carbocycles. The molecule has 0 radical (unpaired) electrons. The van der Waals surface area contributed by atoms with Gasteiger partial charge >= 0.3 is 0 Å². The first-order valence-corrected chi connectivity index (χ1v) is 8.68. The molecule has 2 aromatic carbocycles. The number of hydrogen-bond donors (Lipinski definition) is 0. The second kappa shape index (κ2) is 6.52. The highest BCUT2D eigenvalue weighted by Gasteiger charge is 2.39. The Labute approximate surface area is 150 Å². The molecule has 1 saturated heterocycles. The summed E-state index contributed by atoms with van der Waals surface area (Å²) in [6.07, 6.45) is 1.89. The van der Waals surface area contributed by atoms with Crippen molar-refractivity contribution >= 4 is 17.5 Å². The number of aryl methyl sites for hydroxylation is 1. The lowest BCUT2D eigenvalue weighted by Crippen LogP contribution is -2.57. The van der Waals surface area contributed by atoms with Crippen LogP contribution in [-0.2, 0) is 11.2 Å². The summed E-state index contributed by atoms with van der Waals surface area (Å²) in [5.41, 5.74) is 2.22. The predicted molar refractivity (Wildman–Crippen MR) is 92.9 cm³/mol. The van der Waals surface area contributed by atoms with E-state index in [9.17, 15) is 18.4 Å². The molecule has 2 heterocycles. The van der Waals surface area contributed by atoms with Gasteiger partial charge in [-0.15, -0.1) is 0 Å². The Bertz CT molecular complexity index is 878. The average Bonchev–Trinajstić information content (AvgIpc) is 2.62. The normalized spacial score (nSPS) is 16.8. The van der Waals surface area contributed by atoms with Gasteiger partial charge in [0.1, 0.15) is 0 Å². The number of hydrogen-bond acceptors (Lipinski definition) is 2. The summed E-state index contributed by atoms with van der Waals surface area (Å²) in [5.74, 6) is -2.65. The van der Waals surface area contributed by atoms with E-state index in [1.54, 1.807) is 0 Å². The van der Waals surface area contributed by atoms with Gasteiger partial charge in [-0.3, -0.25) is 9.59 Å². The Morgan fingerprint density at radius 2 is 1.77 bits per heavy atom. The lowest BCUT2D eigenvalue weighted by Gasteiger charge is -2.41. The number of halogens is 2. The van der Waals surface area contributed by atoms with Crippen LogP contribution in [-0.4, -0.2) is 36.3 Å². The Kier molecular flexibility index (Phi) is 4.18. The molecule has 26 heavy (non-hydrogen) atoms. The van der Waals surface area contributed by atoms with Crippen molar-refractivity contribution in [3.05, 3.63) is 65.2 Å². The van der Waals surface area contributed by atoms with E-state index in [2.05, 4.69) is 0 Å². The Morgan fingerprint density at radius 1 is 1.00 bits per heavy atom. The number of nitrogens with zero attached hydrogens (tertiary/aromatic N) is 2. The van der Waals surface area contributed by atoms with Crippen LogP contribution in [0.15, 0.2) is 42.5 Å². The van der Waals surface area contributed by atoms with Gasteiger partial charge < -0.3 is 9.80 Å². The highest BCUT2D eigenvalue weighted by Crippen LogP contribution is 2.30. The monoisotopic (exact) mass is 356 g/mol. The zero-order valence-corrected chi connectivity index (χ0v) is 14.1. The maximum Gasteiger partial charge on any atom is 0.254 e. The van der Waals surface area contributed by atoms with Gasteiger partial charge in [0.05, 0.1) is 5.92 Å². The smallest absolute Gasteiger partial charge is 0.254 e. The molecular weight excluding hydrogens is 338 g/mol. The van der Waals surface area contributed by atoms with Crippen LogP contribution in [0.1, 0.15) is 22.3 Å². The highest BCUT2D eigenvalue weighted by molar-refractivity contribution is 6.00. The third kappa shape index (κ3) is 2.85. The minimum Gasteiger partial charge on any atom is -0.337 e. The van der Waals surface area contributed by atoms with E-state index >= 15 is 0 Å². The largest absolute Gasteiger partial charge is 0.337 e. The molecule has 2 aliphatic heterocycles. The van der Waals surface area contributed by atoms with E-state index in [-0.39, 0.29) is 23.3 Å². The van der Waals surface area contributed by atoms with Gasteiger partial charge in [-0.2, -0.15) is 0 Å².